The van der Waals surface area contributed by atoms with E-state index in [2.05, 4.69) is 83.1 Å². The predicted molar refractivity (Wildman–Crippen MR) is 161 cm³/mol. The van der Waals surface area contributed by atoms with E-state index >= 15 is 0 Å². The van der Waals surface area contributed by atoms with Crippen LogP contribution < -0.4 is 0 Å². The molecule has 2 unspecified atom stereocenters. The highest BCUT2D eigenvalue weighted by atomic mass is 35.7. The second-order valence-electron chi connectivity index (χ2n) is 9.89. The van der Waals surface area contributed by atoms with Gasteiger partial charge in [0.2, 0.25) is 0 Å². The summed E-state index contributed by atoms with van der Waals surface area (Å²) in [5.41, 5.74) is 5.47. The fourth-order valence-electron chi connectivity index (χ4n) is 5.32. The lowest BCUT2D eigenvalue weighted by Gasteiger charge is -2.38. The molecule has 0 aliphatic carbocycles. The summed E-state index contributed by atoms with van der Waals surface area (Å²) >= 11 is 29.5. The Morgan fingerprint density at radius 3 is 1.44 bits per heavy atom. The third-order valence-electron chi connectivity index (χ3n) is 7.21. The molecule has 0 aliphatic rings. The molecule has 2 aromatic rings. The third kappa shape index (κ3) is 8.28. The maximum absolute atomic E-state index is 7.36. The highest BCUT2D eigenvalue weighted by Crippen LogP contribution is 2.52. The molecule has 190 valence electrons. The molecule has 0 bridgehead atoms. The molecule has 0 fully saturated rings. The summed E-state index contributed by atoms with van der Waals surface area (Å²) < 4.78 is 0. The van der Waals surface area contributed by atoms with Crippen LogP contribution in [0.15, 0.2) is 48.5 Å². The smallest absolute Gasteiger partial charge is 0.146 e. The Kier molecular flexibility index (Phi) is 12.5. The highest BCUT2D eigenvalue weighted by Gasteiger charge is 2.52. The number of halogens is 4. The Morgan fingerprint density at radius 2 is 1.06 bits per heavy atom. The summed E-state index contributed by atoms with van der Waals surface area (Å²) in [6.07, 6.45) is 6.37. The van der Waals surface area contributed by atoms with Crippen molar-refractivity contribution in [2.24, 2.45) is 0 Å². The molecule has 6 heteroatoms. The van der Waals surface area contributed by atoms with E-state index in [1.54, 1.807) is 0 Å². The fourth-order valence-corrected chi connectivity index (χ4v) is 25.2. The molecular formula is C28H42Cl4Si2. The van der Waals surface area contributed by atoms with Gasteiger partial charge in [-0.25, -0.2) is 0 Å². The first-order chi connectivity index (χ1) is 16.1. The van der Waals surface area contributed by atoms with Crippen LogP contribution in [0.2, 0.25) is 17.3 Å². The van der Waals surface area contributed by atoms with Crippen LogP contribution in [-0.4, -0.2) is 13.4 Å². The summed E-state index contributed by atoms with van der Waals surface area (Å²) in [5, 5.41) is 0.0469. The molecule has 0 amide bonds. The molecule has 0 heterocycles. The van der Waals surface area contributed by atoms with Gasteiger partial charge in [-0.15, -0.1) is 44.3 Å². The molecule has 2 rings (SSSR count). The number of hydrogen-bond donors (Lipinski definition) is 0. The largest absolute Gasteiger partial charge is 0.254 e. The Morgan fingerprint density at radius 1 is 0.647 bits per heavy atom. The molecule has 2 atom stereocenters. The van der Waals surface area contributed by atoms with E-state index in [0.717, 1.165) is 50.6 Å². The van der Waals surface area contributed by atoms with Crippen LogP contribution >= 0.6 is 44.3 Å². The number of unbranched alkanes of at least 4 members (excludes halogenated alkanes) is 2. The summed E-state index contributed by atoms with van der Waals surface area (Å²) in [4.78, 5) is 0. The van der Waals surface area contributed by atoms with Crippen LogP contribution in [0, 0.1) is 0 Å². The van der Waals surface area contributed by atoms with Gasteiger partial charge in [0.1, 0.15) is 0 Å². The zero-order valence-electron chi connectivity index (χ0n) is 21.5. The van der Waals surface area contributed by atoms with E-state index in [0.29, 0.717) is 11.8 Å². The van der Waals surface area contributed by atoms with E-state index in [1.165, 1.54) is 22.3 Å². The minimum atomic E-state index is -2.75. The maximum atomic E-state index is 7.36. The number of rotatable bonds is 14. The van der Waals surface area contributed by atoms with E-state index in [-0.39, 0.29) is 5.16 Å². The third-order valence-corrected chi connectivity index (χ3v) is 22.3. The number of aryl methyl sites for hydroxylation is 2. The van der Waals surface area contributed by atoms with Gasteiger partial charge in [-0.2, -0.15) is 0 Å². The van der Waals surface area contributed by atoms with Crippen molar-refractivity contribution >= 4 is 57.7 Å². The summed E-state index contributed by atoms with van der Waals surface area (Å²) in [7, 11) is 0. The Labute approximate surface area is 229 Å². The van der Waals surface area contributed by atoms with Crippen molar-refractivity contribution in [3.63, 3.8) is 0 Å². The molecule has 0 radical (unpaired) electrons. The molecule has 0 saturated carbocycles. The maximum Gasteiger partial charge on any atom is 0.254 e. The Balaban J connectivity index is 2.30. The van der Waals surface area contributed by atoms with Gasteiger partial charge in [0, 0.05) is 5.16 Å². The van der Waals surface area contributed by atoms with E-state index in [9.17, 15) is 0 Å². The summed E-state index contributed by atoms with van der Waals surface area (Å²) in [6.45, 7) is 5.66. The molecule has 0 N–H and O–H groups in total. The van der Waals surface area contributed by atoms with Crippen LogP contribution in [0.25, 0.3) is 0 Å². The minimum Gasteiger partial charge on any atom is -0.146 e. The first-order valence-electron chi connectivity index (χ1n) is 13.0. The quantitative estimate of drug-likeness (QED) is 0.119. The SMILES string of the molecule is CCCCCC([Si](Cl)(Cl)CC(C)c1ccccc1CC)[Si](Cl)(Cl)CC(C)c1ccccc1CC. The zero-order valence-corrected chi connectivity index (χ0v) is 26.5. The Hall–Kier alpha value is 0.0338. The predicted octanol–water partition coefficient (Wildman–Crippen LogP) is 11.0. The number of benzene rings is 2. The highest BCUT2D eigenvalue weighted by molar-refractivity contribution is 7.57. The van der Waals surface area contributed by atoms with Crippen LogP contribution in [0.3, 0.4) is 0 Å². The lowest BCUT2D eigenvalue weighted by Crippen LogP contribution is -2.43. The van der Waals surface area contributed by atoms with Crippen molar-refractivity contribution in [2.45, 2.75) is 102 Å². The summed E-state index contributed by atoms with van der Waals surface area (Å²) in [6, 6.07) is 18.9. The van der Waals surface area contributed by atoms with Crippen LogP contribution in [0.4, 0.5) is 0 Å². The normalized spacial score (nSPS) is 15.2. The molecule has 0 aliphatic heterocycles. The topological polar surface area (TPSA) is 0 Å². The van der Waals surface area contributed by atoms with E-state index < -0.39 is 13.4 Å². The van der Waals surface area contributed by atoms with Crippen LogP contribution in [0.5, 0.6) is 0 Å². The van der Waals surface area contributed by atoms with Crippen molar-refractivity contribution < 1.29 is 0 Å². The van der Waals surface area contributed by atoms with Crippen molar-refractivity contribution in [1.82, 2.24) is 0 Å². The molecular weight excluding hydrogens is 534 g/mol. The van der Waals surface area contributed by atoms with E-state index in [1.807, 2.05) is 0 Å². The zero-order chi connectivity index (χ0) is 25.4. The monoisotopic (exact) mass is 574 g/mol. The molecule has 2 aromatic carbocycles. The number of hydrogen-bond acceptors (Lipinski definition) is 0. The van der Waals surface area contributed by atoms with Gasteiger partial charge in [0.25, 0.3) is 13.4 Å². The van der Waals surface area contributed by atoms with Crippen molar-refractivity contribution in [2.75, 3.05) is 0 Å². The lowest BCUT2D eigenvalue weighted by atomic mass is 9.96. The molecule has 0 spiro atoms. The summed E-state index contributed by atoms with van der Waals surface area (Å²) in [5.74, 6) is 0.589. The van der Waals surface area contributed by atoms with Gasteiger partial charge in [0.15, 0.2) is 0 Å². The van der Waals surface area contributed by atoms with Crippen molar-refractivity contribution in [3.8, 4) is 0 Å². The van der Waals surface area contributed by atoms with E-state index in [4.69, 9.17) is 44.3 Å². The van der Waals surface area contributed by atoms with Gasteiger partial charge >= 0.3 is 0 Å². The van der Waals surface area contributed by atoms with Gasteiger partial charge in [0.05, 0.1) is 0 Å². The first kappa shape index (κ1) is 30.3. The molecule has 0 nitrogen and oxygen atoms in total. The van der Waals surface area contributed by atoms with Gasteiger partial charge < -0.3 is 0 Å². The average molecular weight is 577 g/mol. The van der Waals surface area contributed by atoms with Gasteiger partial charge in [-0.3, -0.25) is 0 Å². The lowest BCUT2D eigenvalue weighted by molar-refractivity contribution is 0.676. The van der Waals surface area contributed by atoms with Gasteiger partial charge in [-0.05, 0) is 59.0 Å². The van der Waals surface area contributed by atoms with Crippen molar-refractivity contribution in [1.29, 1.82) is 0 Å². The molecule has 34 heavy (non-hydrogen) atoms. The molecule has 0 aromatic heterocycles. The fraction of sp³-hybridized carbons (Fsp3) is 0.571. The second kappa shape index (κ2) is 14.1. The van der Waals surface area contributed by atoms with Crippen molar-refractivity contribution in [3.05, 3.63) is 70.8 Å². The Bertz CT molecular complexity index is 817. The van der Waals surface area contributed by atoms with Gasteiger partial charge in [-0.1, -0.05) is 109 Å². The standard InChI is InChI=1S/C28H42Cl4Si2/c1-6-9-10-19-28(33(29,30)20-22(4)26-17-13-11-15-24(26)7-2)34(31,32)21-23(5)27-18-14-12-16-25(27)8-3/h11-18,22-23,28H,6-10,19-21H2,1-5H3. The van der Waals surface area contributed by atoms with Crippen LogP contribution in [0.1, 0.15) is 94.4 Å². The van der Waals surface area contributed by atoms with Crippen LogP contribution in [-0.2, 0) is 12.8 Å². The molecule has 0 saturated heterocycles. The average Bonchev–Trinajstić information content (AvgIpc) is 2.80. The minimum absolute atomic E-state index is 0.0469. The first-order valence-corrected chi connectivity index (χ1v) is 21.6. The second-order valence-corrected chi connectivity index (χ2v) is 25.0.